The van der Waals surface area contributed by atoms with Crippen LogP contribution in [0.5, 0.6) is 0 Å². The topological polar surface area (TPSA) is 43.8 Å². The lowest BCUT2D eigenvalue weighted by Gasteiger charge is -2.43. The van der Waals surface area contributed by atoms with Crippen molar-refractivity contribution in [3.05, 3.63) is 72.9 Å². The van der Waals surface area contributed by atoms with Crippen LogP contribution in [-0.4, -0.2) is 53.1 Å². The quantitative estimate of drug-likeness (QED) is 0.782. The molecule has 1 fully saturated rings. The van der Waals surface area contributed by atoms with E-state index in [-0.39, 0.29) is 18.6 Å². The van der Waals surface area contributed by atoms with E-state index in [9.17, 15) is 4.79 Å². The van der Waals surface area contributed by atoms with Gasteiger partial charge in [-0.2, -0.15) is 0 Å². The summed E-state index contributed by atoms with van der Waals surface area (Å²) in [5.74, 6) is -0.770. The van der Waals surface area contributed by atoms with Gasteiger partial charge in [0.2, 0.25) is 0 Å². The van der Waals surface area contributed by atoms with Gasteiger partial charge in [0.1, 0.15) is 0 Å². The maximum atomic E-state index is 11.0. The van der Waals surface area contributed by atoms with Crippen molar-refractivity contribution in [2.45, 2.75) is 19.0 Å². The van der Waals surface area contributed by atoms with E-state index in [2.05, 4.69) is 37.1 Å². The first-order valence-electron chi connectivity index (χ1n) is 8.26. The average molecular weight is 326 g/mol. The standard InChI is InChI=1S/C20H26N2O2/c1-4-9-17(5-2)20(18-10-7-6-8-11-18)22-13-12-21(15-19(23)24)16(3)14-22/h4-11,16,20H,1-2,12-15H2,3H3,(H,23,24)/b17-9+/t16-,20?/m0/s1. The molecule has 1 saturated heterocycles. The highest BCUT2D eigenvalue weighted by Crippen LogP contribution is 2.31. The first-order valence-corrected chi connectivity index (χ1v) is 8.26. The molecule has 2 atom stereocenters. The van der Waals surface area contributed by atoms with Crippen LogP contribution < -0.4 is 0 Å². The summed E-state index contributed by atoms with van der Waals surface area (Å²) in [4.78, 5) is 15.4. The summed E-state index contributed by atoms with van der Waals surface area (Å²) in [6.07, 6.45) is 5.67. The Labute approximate surface area is 144 Å². The fourth-order valence-electron chi connectivity index (χ4n) is 3.32. The van der Waals surface area contributed by atoms with Crippen LogP contribution in [0.25, 0.3) is 0 Å². The van der Waals surface area contributed by atoms with Crippen LogP contribution in [0.15, 0.2) is 67.3 Å². The number of rotatable bonds is 7. The maximum absolute atomic E-state index is 11.0. The molecule has 1 aromatic carbocycles. The van der Waals surface area contributed by atoms with Crippen LogP contribution in [0.3, 0.4) is 0 Å². The zero-order valence-electron chi connectivity index (χ0n) is 14.3. The van der Waals surface area contributed by atoms with E-state index in [1.807, 2.05) is 35.3 Å². The molecule has 4 heteroatoms. The first-order chi connectivity index (χ1) is 11.6. The minimum absolute atomic E-state index is 0.0990. The van der Waals surface area contributed by atoms with E-state index in [0.29, 0.717) is 0 Å². The molecular weight excluding hydrogens is 300 g/mol. The van der Waals surface area contributed by atoms with Crippen LogP contribution in [-0.2, 0) is 4.79 Å². The summed E-state index contributed by atoms with van der Waals surface area (Å²) < 4.78 is 0. The fraction of sp³-hybridized carbons (Fsp3) is 0.350. The highest BCUT2D eigenvalue weighted by Gasteiger charge is 2.31. The molecular formula is C20H26N2O2. The number of allylic oxidation sites excluding steroid dienone is 2. The van der Waals surface area contributed by atoms with E-state index in [1.165, 1.54) is 5.56 Å². The second-order valence-corrected chi connectivity index (χ2v) is 6.13. The van der Waals surface area contributed by atoms with Crippen molar-refractivity contribution in [2.75, 3.05) is 26.2 Å². The molecule has 0 amide bonds. The number of aliphatic carboxylic acids is 1. The molecule has 128 valence electrons. The van der Waals surface area contributed by atoms with Crippen LogP contribution in [0.1, 0.15) is 18.5 Å². The Balaban J connectivity index is 2.26. The summed E-state index contributed by atoms with van der Waals surface area (Å²) >= 11 is 0. The molecule has 0 spiro atoms. The molecule has 0 aliphatic carbocycles. The number of carboxylic acid groups (broad SMARTS) is 1. The number of hydrogen-bond acceptors (Lipinski definition) is 3. The van der Waals surface area contributed by atoms with Gasteiger partial charge in [-0.15, -0.1) is 0 Å². The third-order valence-electron chi connectivity index (χ3n) is 4.48. The molecule has 0 radical (unpaired) electrons. The Hall–Kier alpha value is -2.17. The normalized spacial score (nSPS) is 21.2. The molecule has 1 N–H and O–H groups in total. The van der Waals surface area contributed by atoms with Gasteiger partial charge in [0.05, 0.1) is 12.6 Å². The predicted octanol–water partition coefficient (Wildman–Crippen LogP) is 3.12. The first kappa shape index (κ1) is 18.2. The number of benzene rings is 1. The van der Waals surface area contributed by atoms with Crippen molar-refractivity contribution in [1.82, 2.24) is 9.80 Å². The second-order valence-electron chi connectivity index (χ2n) is 6.13. The van der Waals surface area contributed by atoms with Crippen LogP contribution >= 0.6 is 0 Å². The zero-order valence-corrected chi connectivity index (χ0v) is 14.3. The molecule has 1 aromatic rings. The second kappa shape index (κ2) is 8.62. The minimum atomic E-state index is -0.770. The Kier molecular flexibility index (Phi) is 6.53. The molecule has 2 rings (SSSR count). The van der Waals surface area contributed by atoms with Gasteiger partial charge in [-0.1, -0.05) is 61.7 Å². The summed E-state index contributed by atoms with van der Waals surface area (Å²) in [7, 11) is 0. The van der Waals surface area contributed by atoms with Gasteiger partial charge in [0.25, 0.3) is 0 Å². The Bertz CT molecular complexity index is 609. The summed E-state index contributed by atoms with van der Waals surface area (Å²) in [6, 6.07) is 10.6. The van der Waals surface area contributed by atoms with Crippen molar-refractivity contribution in [1.29, 1.82) is 0 Å². The third kappa shape index (κ3) is 4.43. The largest absolute Gasteiger partial charge is 0.480 e. The van der Waals surface area contributed by atoms with Gasteiger partial charge < -0.3 is 5.11 Å². The van der Waals surface area contributed by atoms with E-state index in [0.717, 1.165) is 25.2 Å². The van der Waals surface area contributed by atoms with Crippen molar-refractivity contribution in [2.24, 2.45) is 0 Å². The van der Waals surface area contributed by atoms with E-state index >= 15 is 0 Å². The van der Waals surface area contributed by atoms with Crippen LogP contribution in [0, 0.1) is 0 Å². The molecule has 4 nitrogen and oxygen atoms in total. The number of nitrogens with zero attached hydrogens (tertiary/aromatic N) is 2. The number of carboxylic acids is 1. The predicted molar refractivity (Wildman–Crippen MR) is 97.9 cm³/mol. The number of carbonyl (C=O) groups is 1. The maximum Gasteiger partial charge on any atom is 0.317 e. The lowest BCUT2D eigenvalue weighted by molar-refractivity contribution is -0.139. The molecule has 0 saturated carbocycles. The summed E-state index contributed by atoms with van der Waals surface area (Å²) in [5, 5.41) is 9.04. The third-order valence-corrected chi connectivity index (χ3v) is 4.48. The van der Waals surface area contributed by atoms with Gasteiger partial charge in [-0.3, -0.25) is 14.6 Å². The summed E-state index contributed by atoms with van der Waals surface area (Å²) in [6.45, 7) is 12.3. The van der Waals surface area contributed by atoms with E-state index < -0.39 is 5.97 Å². The Morgan fingerprint density at radius 1 is 1.33 bits per heavy atom. The van der Waals surface area contributed by atoms with Crippen molar-refractivity contribution >= 4 is 5.97 Å². The van der Waals surface area contributed by atoms with Crippen LogP contribution in [0.2, 0.25) is 0 Å². The fourth-order valence-corrected chi connectivity index (χ4v) is 3.32. The summed E-state index contributed by atoms with van der Waals surface area (Å²) in [5.41, 5.74) is 2.32. The Morgan fingerprint density at radius 3 is 2.58 bits per heavy atom. The van der Waals surface area contributed by atoms with Crippen LogP contribution in [0.4, 0.5) is 0 Å². The smallest absolute Gasteiger partial charge is 0.317 e. The molecule has 24 heavy (non-hydrogen) atoms. The Morgan fingerprint density at radius 2 is 2.04 bits per heavy atom. The molecule has 1 unspecified atom stereocenters. The molecule has 1 aliphatic heterocycles. The van der Waals surface area contributed by atoms with Crippen molar-refractivity contribution < 1.29 is 9.90 Å². The minimum Gasteiger partial charge on any atom is -0.480 e. The van der Waals surface area contributed by atoms with Gasteiger partial charge in [-0.05, 0) is 18.1 Å². The van der Waals surface area contributed by atoms with Gasteiger partial charge >= 0.3 is 5.97 Å². The molecule has 0 aromatic heterocycles. The molecule has 0 bridgehead atoms. The lowest BCUT2D eigenvalue weighted by atomic mass is 9.95. The highest BCUT2D eigenvalue weighted by atomic mass is 16.4. The van der Waals surface area contributed by atoms with E-state index in [4.69, 9.17) is 5.11 Å². The van der Waals surface area contributed by atoms with Gasteiger partial charge in [-0.25, -0.2) is 0 Å². The number of hydrogen-bond donors (Lipinski definition) is 1. The zero-order chi connectivity index (χ0) is 17.5. The van der Waals surface area contributed by atoms with Crippen molar-refractivity contribution in [3.63, 3.8) is 0 Å². The van der Waals surface area contributed by atoms with Crippen molar-refractivity contribution in [3.8, 4) is 0 Å². The monoisotopic (exact) mass is 326 g/mol. The van der Waals surface area contributed by atoms with E-state index in [1.54, 1.807) is 6.08 Å². The number of piperazine rings is 1. The van der Waals surface area contributed by atoms with Gasteiger partial charge in [0.15, 0.2) is 0 Å². The lowest BCUT2D eigenvalue weighted by Crippen LogP contribution is -2.54. The highest BCUT2D eigenvalue weighted by molar-refractivity contribution is 5.69. The molecule has 1 heterocycles. The SMILES string of the molecule is C=C/C=C(\C=C)C(c1ccccc1)N1CCN(CC(=O)O)[C@@H](C)C1. The molecule has 1 aliphatic rings. The average Bonchev–Trinajstić information content (AvgIpc) is 2.57. The van der Waals surface area contributed by atoms with Gasteiger partial charge in [0, 0.05) is 25.7 Å².